The Bertz CT molecular complexity index is 261. The van der Waals surface area contributed by atoms with E-state index in [1.807, 2.05) is 6.07 Å². The molecule has 1 atom stereocenters. The van der Waals surface area contributed by atoms with Crippen molar-refractivity contribution in [3.8, 4) is 6.07 Å². The molecule has 15 heavy (non-hydrogen) atoms. The van der Waals surface area contributed by atoms with Crippen molar-refractivity contribution in [3.05, 3.63) is 0 Å². The standard InChI is InChI=1S/C12H20N2O/c1-10(8-13)11(15)14-9-12(2)6-4-3-5-7-12/h10H,3-7,9H2,1-2H3,(H,14,15). The Labute approximate surface area is 91.9 Å². The fourth-order valence-corrected chi connectivity index (χ4v) is 2.09. The third-order valence-electron chi connectivity index (χ3n) is 3.34. The van der Waals surface area contributed by atoms with Crippen molar-refractivity contribution in [2.75, 3.05) is 6.54 Å². The predicted octanol–water partition coefficient (Wildman–Crippen LogP) is 2.23. The van der Waals surface area contributed by atoms with E-state index in [1.165, 1.54) is 32.1 Å². The Kier molecular flexibility index (Phi) is 4.14. The summed E-state index contributed by atoms with van der Waals surface area (Å²) in [6, 6.07) is 1.95. The Balaban J connectivity index is 2.35. The summed E-state index contributed by atoms with van der Waals surface area (Å²) in [7, 11) is 0. The fourth-order valence-electron chi connectivity index (χ4n) is 2.09. The Hall–Kier alpha value is -1.04. The lowest BCUT2D eigenvalue weighted by atomic mass is 9.75. The lowest BCUT2D eigenvalue weighted by molar-refractivity contribution is -0.123. The van der Waals surface area contributed by atoms with E-state index >= 15 is 0 Å². The summed E-state index contributed by atoms with van der Waals surface area (Å²) in [6.07, 6.45) is 6.22. The molecule has 0 bridgehead atoms. The van der Waals surface area contributed by atoms with Crippen LogP contribution in [0.5, 0.6) is 0 Å². The summed E-state index contributed by atoms with van der Waals surface area (Å²) in [5.74, 6) is -0.665. The van der Waals surface area contributed by atoms with Crippen LogP contribution in [0.15, 0.2) is 0 Å². The molecule has 0 aromatic carbocycles. The lowest BCUT2D eigenvalue weighted by Gasteiger charge is -2.33. The zero-order valence-corrected chi connectivity index (χ0v) is 9.68. The predicted molar refractivity (Wildman–Crippen MR) is 59.0 cm³/mol. The normalized spacial score (nSPS) is 21.4. The van der Waals surface area contributed by atoms with Crippen LogP contribution >= 0.6 is 0 Å². The molecule has 1 saturated carbocycles. The van der Waals surface area contributed by atoms with Crippen molar-refractivity contribution >= 4 is 5.91 Å². The van der Waals surface area contributed by atoms with E-state index in [-0.39, 0.29) is 11.3 Å². The van der Waals surface area contributed by atoms with Crippen molar-refractivity contribution < 1.29 is 4.79 Å². The van der Waals surface area contributed by atoms with Crippen LogP contribution in [0.1, 0.15) is 46.0 Å². The number of amides is 1. The summed E-state index contributed by atoms with van der Waals surface area (Å²) in [6.45, 7) is 4.58. The molecule has 3 heteroatoms. The van der Waals surface area contributed by atoms with Gasteiger partial charge >= 0.3 is 0 Å². The molecule has 1 aliphatic carbocycles. The summed E-state index contributed by atoms with van der Waals surface area (Å²) < 4.78 is 0. The minimum absolute atomic E-state index is 0.135. The highest BCUT2D eigenvalue weighted by Crippen LogP contribution is 2.34. The number of nitrogens with zero attached hydrogens (tertiary/aromatic N) is 1. The minimum atomic E-state index is -0.530. The summed E-state index contributed by atoms with van der Waals surface area (Å²) in [5, 5.41) is 11.5. The van der Waals surface area contributed by atoms with Crippen molar-refractivity contribution in [1.29, 1.82) is 5.26 Å². The number of hydrogen-bond acceptors (Lipinski definition) is 2. The van der Waals surface area contributed by atoms with Gasteiger partial charge in [0.15, 0.2) is 0 Å². The molecular formula is C12H20N2O. The molecule has 3 nitrogen and oxygen atoms in total. The molecule has 1 rings (SSSR count). The molecule has 84 valence electrons. The van der Waals surface area contributed by atoms with E-state index in [9.17, 15) is 4.79 Å². The maximum atomic E-state index is 11.4. The van der Waals surface area contributed by atoms with Crippen LogP contribution in [-0.4, -0.2) is 12.5 Å². The van der Waals surface area contributed by atoms with Crippen LogP contribution in [0.4, 0.5) is 0 Å². The van der Waals surface area contributed by atoms with Crippen LogP contribution in [0.25, 0.3) is 0 Å². The maximum Gasteiger partial charge on any atom is 0.237 e. The van der Waals surface area contributed by atoms with E-state index in [0.29, 0.717) is 0 Å². The highest BCUT2D eigenvalue weighted by Gasteiger charge is 2.27. The monoisotopic (exact) mass is 208 g/mol. The van der Waals surface area contributed by atoms with Gasteiger partial charge in [-0.1, -0.05) is 26.2 Å². The first-order chi connectivity index (χ1) is 7.07. The van der Waals surface area contributed by atoms with Gasteiger partial charge in [0.2, 0.25) is 5.91 Å². The quantitative estimate of drug-likeness (QED) is 0.773. The molecule has 1 N–H and O–H groups in total. The number of nitrogens with one attached hydrogen (secondary N) is 1. The number of nitriles is 1. The number of hydrogen-bond donors (Lipinski definition) is 1. The largest absolute Gasteiger partial charge is 0.354 e. The number of carbonyl (C=O) groups excluding carboxylic acids is 1. The van der Waals surface area contributed by atoms with Crippen LogP contribution < -0.4 is 5.32 Å². The fraction of sp³-hybridized carbons (Fsp3) is 0.833. The third-order valence-corrected chi connectivity index (χ3v) is 3.34. The Morgan fingerprint density at radius 3 is 2.60 bits per heavy atom. The van der Waals surface area contributed by atoms with Gasteiger partial charge in [-0.05, 0) is 25.2 Å². The van der Waals surface area contributed by atoms with Crippen molar-refractivity contribution in [1.82, 2.24) is 5.32 Å². The molecule has 0 spiro atoms. The van der Waals surface area contributed by atoms with Gasteiger partial charge < -0.3 is 5.32 Å². The SMILES string of the molecule is CC(C#N)C(=O)NCC1(C)CCCCC1. The topological polar surface area (TPSA) is 52.9 Å². The summed E-state index contributed by atoms with van der Waals surface area (Å²) >= 11 is 0. The second-order valence-electron chi connectivity index (χ2n) is 4.94. The molecular weight excluding hydrogens is 188 g/mol. The molecule has 1 fully saturated rings. The molecule has 1 aliphatic rings. The van der Waals surface area contributed by atoms with Gasteiger partial charge in [-0.3, -0.25) is 4.79 Å². The first kappa shape index (κ1) is 12.0. The van der Waals surface area contributed by atoms with E-state index < -0.39 is 5.92 Å². The molecule has 0 heterocycles. The molecule has 0 aromatic heterocycles. The van der Waals surface area contributed by atoms with Gasteiger partial charge in [0, 0.05) is 6.54 Å². The number of rotatable bonds is 3. The smallest absolute Gasteiger partial charge is 0.237 e. The first-order valence-corrected chi connectivity index (χ1v) is 5.75. The van der Waals surface area contributed by atoms with Gasteiger partial charge in [-0.15, -0.1) is 0 Å². The van der Waals surface area contributed by atoms with Crippen LogP contribution in [0.3, 0.4) is 0 Å². The van der Waals surface area contributed by atoms with Crippen molar-refractivity contribution in [2.45, 2.75) is 46.0 Å². The Morgan fingerprint density at radius 2 is 2.07 bits per heavy atom. The summed E-state index contributed by atoms with van der Waals surface area (Å²) in [5.41, 5.74) is 0.253. The minimum Gasteiger partial charge on any atom is -0.354 e. The van der Waals surface area contributed by atoms with E-state index in [0.717, 1.165) is 6.54 Å². The average molecular weight is 208 g/mol. The van der Waals surface area contributed by atoms with Gasteiger partial charge in [0.1, 0.15) is 5.92 Å². The van der Waals surface area contributed by atoms with Crippen LogP contribution in [-0.2, 0) is 4.79 Å². The van der Waals surface area contributed by atoms with E-state index in [1.54, 1.807) is 6.92 Å². The molecule has 0 radical (unpaired) electrons. The Morgan fingerprint density at radius 1 is 1.47 bits per heavy atom. The van der Waals surface area contributed by atoms with Crippen molar-refractivity contribution in [3.63, 3.8) is 0 Å². The van der Waals surface area contributed by atoms with Gasteiger partial charge in [-0.25, -0.2) is 0 Å². The van der Waals surface area contributed by atoms with E-state index in [4.69, 9.17) is 5.26 Å². The third kappa shape index (κ3) is 3.54. The zero-order valence-electron chi connectivity index (χ0n) is 9.68. The van der Waals surface area contributed by atoms with Crippen LogP contribution in [0, 0.1) is 22.7 Å². The van der Waals surface area contributed by atoms with E-state index in [2.05, 4.69) is 12.2 Å². The average Bonchev–Trinajstić information content (AvgIpc) is 2.26. The lowest BCUT2D eigenvalue weighted by Crippen LogP contribution is -2.39. The maximum absolute atomic E-state index is 11.4. The molecule has 0 saturated heterocycles. The molecule has 1 unspecified atom stereocenters. The highest BCUT2D eigenvalue weighted by atomic mass is 16.1. The first-order valence-electron chi connectivity index (χ1n) is 5.75. The van der Waals surface area contributed by atoms with Crippen LogP contribution in [0.2, 0.25) is 0 Å². The summed E-state index contributed by atoms with van der Waals surface area (Å²) in [4.78, 5) is 11.4. The number of carbonyl (C=O) groups is 1. The van der Waals surface area contributed by atoms with Gasteiger partial charge in [0.25, 0.3) is 0 Å². The molecule has 0 aliphatic heterocycles. The second kappa shape index (κ2) is 5.16. The zero-order chi connectivity index (χ0) is 11.3. The van der Waals surface area contributed by atoms with Gasteiger partial charge in [-0.2, -0.15) is 5.26 Å². The highest BCUT2D eigenvalue weighted by molar-refractivity contribution is 5.80. The second-order valence-corrected chi connectivity index (χ2v) is 4.94. The molecule has 1 amide bonds. The van der Waals surface area contributed by atoms with Gasteiger partial charge in [0.05, 0.1) is 6.07 Å². The van der Waals surface area contributed by atoms with Crippen molar-refractivity contribution in [2.24, 2.45) is 11.3 Å². The molecule has 0 aromatic rings.